The van der Waals surface area contributed by atoms with Crippen molar-refractivity contribution < 1.29 is 14.3 Å². The molecule has 168 valence electrons. The number of carbonyl (C=O) groups is 2. The third-order valence-corrected chi connectivity index (χ3v) is 5.95. The lowest BCUT2D eigenvalue weighted by Gasteiger charge is -2.30. The topological polar surface area (TPSA) is 58.6 Å². The van der Waals surface area contributed by atoms with E-state index in [2.05, 4.69) is 5.32 Å². The van der Waals surface area contributed by atoms with Gasteiger partial charge in [0.1, 0.15) is 11.8 Å². The van der Waals surface area contributed by atoms with Gasteiger partial charge < -0.3 is 15.0 Å². The third-order valence-electron chi connectivity index (χ3n) is 5.36. The predicted molar refractivity (Wildman–Crippen MR) is 126 cm³/mol. The maximum Gasteiger partial charge on any atom is 0.261 e. The number of carbonyl (C=O) groups excluding carboxylic acids is 2. The summed E-state index contributed by atoms with van der Waals surface area (Å²) in [5, 5.41) is 3.88. The van der Waals surface area contributed by atoms with Gasteiger partial charge in [0.15, 0.2) is 6.61 Å². The molecule has 0 spiro atoms. The van der Waals surface area contributed by atoms with Crippen molar-refractivity contribution in [2.24, 2.45) is 0 Å². The molecule has 2 rings (SSSR count). The second kappa shape index (κ2) is 11.4. The van der Waals surface area contributed by atoms with Gasteiger partial charge in [0, 0.05) is 22.6 Å². The van der Waals surface area contributed by atoms with Gasteiger partial charge in [-0.25, -0.2) is 0 Å². The van der Waals surface area contributed by atoms with Crippen molar-refractivity contribution in [3.05, 3.63) is 63.1 Å². The first-order valence-electron chi connectivity index (χ1n) is 10.4. The molecule has 2 atom stereocenters. The van der Waals surface area contributed by atoms with Gasteiger partial charge in [0.25, 0.3) is 5.91 Å². The lowest BCUT2D eigenvalue weighted by molar-refractivity contribution is -0.142. The Kier molecular flexibility index (Phi) is 9.20. The van der Waals surface area contributed by atoms with Crippen molar-refractivity contribution >= 4 is 35.0 Å². The summed E-state index contributed by atoms with van der Waals surface area (Å²) >= 11 is 12.3. The monoisotopic (exact) mass is 464 g/mol. The summed E-state index contributed by atoms with van der Waals surface area (Å²) < 4.78 is 5.73. The Hall–Kier alpha value is -2.24. The molecule has 2 aromatic carbocycles. The zero-order valence-corrected chi connectivity index (χ0v) is 20.2. The molecule has 1 N–H and O–H groups in total. The molecule has 2 amide bonds. The Bertz CT molecular complexity index is 933. The van der Waals surface area contributed by atoms with Gasteiger partial charge >= 0.3 is 0 Å². The fourth-order valence-electron chi connectivity index (χ4n) is 2.91. The van der Waals surface area contributed by atoms with Crippen LogP contribution in [0.1, 0.15) is 43.9 Å². The van der Waals surface area contributed by atoms with Crippen LogP contribution in [-0.2, 0) is 16.1 Å². The van der Waals surface area contributed by atoms with Crippen LogP contribution in [0.3, 0.4) is 0 Å². The van der Waals surface area contributed by atoms with Gasteiger partial charge in [0.05, 0.1) is 0 Å². The second-order valence-corrected chi connectivity index (χ2v) is 8.63. The molecule has 0 saturated carbocycles. The normalized spacial score (nSPS) is 12.7. The maximum absolute atomic E-state index is 13.1. The maximum atomic E-state index is 13.1. The Balaban J connectivity index is 2.21. The number of halogens is 2. The van der Waals surface area contributed by atoms with Crippen LogP contribution >= 0.6 is 23.2 Å². The van der Waals surface area contributed by atoms with Crippen molar-refractivity contribution in [2.75, 3.05) is 6.61 Å². The fraction of sp³-hybridized carbons (Fsp3) is 0.417. The number of nitrogens with zero attached hydrogens (tertiary/aromatic N) is 1. The summed E-state index contributed by atoms with van der Waals surface area (Å²) in [6, 6.07) is 10.1. The van der Waals surface area contributed by atoms with Crippen molar-refractivity contribution in [1.29, 1.82) is 0 Å². The van der Waals surface area contributed by atoms with E-state index in [0.29, 0.717) is 21.4 Å². The lowest BCUT2D eigenvalue weighted by Crippen LogP contribution is -2.50. The predicted octanol–water partition coefficient (Wildman–Crippen LogP) is 5.32. The van der Waals surface area contributed by atoms with Crippen LogP contribution in [-0.4, -0.2) is 35.4 Å². The number of ether oxygens (including phenoxy) is 1. The van der Waals surface area contributed by atoms with E-state index in [0.717, 1.165) is 17.5 Å². The molecule has 0 aliphatic rings. The molecule has 0 unspecified atom stereocenters. The first kappa shape index (κ1) is 25.0. The van der Waals surface area contributed by atoms with Crippen LogP contribution in [0.2, 0.25) is 10.0 Å². The third kappa shape index (κ3) is 7.15. The van der Waals surface area contributed by atoms with E-state index < -0.39 is 6.04 Å². The molecule has 7 heteroatoms. The lowest BCUT2D eigenvalue weighted by atomic mass is 10.1. The molecule has 0 saturated heterocycles. The summed E-state index contributed by atoms with van der Waals surface area (Å²) in [6.45, 7) is 9.60. The Morgan fingerprint density at radius 3 is 2.39 bits per heavy atom. The standard InChI is InChI=1S/C24H30Cl2N2O3/c1-6-17(4)27-24(30)18(5)28(13-19-8-9-20(25)12-22(19)26)23(29)14-31-21-10-7-15(2)16(3)11-21/h7-12,17-18H,6,13-14H2,1-5H3,(H,27,30)/t17-,18+/m0/s1. The number of benzene rings is 2. The average molecular weight is 465 g/mol. The number of nitrogens with one attached hydrogen (secondary N) is 1. The van der Waals surface area contributed by atoms with E-state index >= 15 is 0 Å². The molecule has 0 heterocycles. The minimum Gasteiger partial charge on any atom is -0.484 e. The molecular weight excluding hydrogens is 435 g/mol. The Labute approximate surface area is 194 Å². The molecule has 0 aliphatic heterocycles. The van der Waals surface area contributed by atoms with E-state index in [4.69, 9.17) is 27.9 Å². The van der Waals surface area contributed by atoms with Crippen LogP contribution in [0.4, 0.5) is 0 Å². The summed E-state index contributed by atoms with van der Waals surface area (Å²) in [7, 11) is 0. The summed E-state index contributed by atoms with van der Waals surface area (Å²) in [5.41, 5.74) is 2.93. The number of hydrogen-bond donors (Lipinski definition) is 1. The largest absolute Gasteiger partial charge is 0.484 e. The Morgan fingerprint density at radius 2 is 1.77 bits per heavy atom. The highest BCUT2D eigenvalue weighted by Gasteiger charge is 2.27. The quantitative estimate of drug-likeness (QED) is 0.545. The van der Waals surface area contributed by atoms with E-state index in [1.54, 1.807) is 25.1 Å². The van der Waals surface area contributed by atoms with Crippen LogP contribution in [0.5, 0.6) is 5.75 Å². The first-order valence-corrected chi connectivity index (χ1v) is 11.1. The molecule has 2 aromatic rings. The van der Waals surface area contributed by atoms with Gasteiger partial charge in [-0.1, -0.05) is 42.3 Å². The smallest absolute Gasteiger partial charge is 0.261 e. The second-order valence-electron chi connectivity index (χ2n) is 7.79. The van der Waals surface area contributed by atoms with Crippen LogP contribution in [0.25, 0.3) is 0 Å². The highest BCUT2D eigenvalue weighted by molar-refractivity contribution is 6.35. The molecule has 5 nitrogen and oxygen atoms in total. The molecule has 0 aromatic heterocycles. The zero-order valence-electron chi connectivity index (χ0n) is 18.7. The summed E-state index contributed by atoms with van der Waals surface area (Å²) in [6.07, 6.45) is 0.797. The summed E-state index contributed by atoms with van der Waals surface area (Å²) in [4.78, 5) is 27.3. The van der Waals surface area contributed by atoms with E-state index in [1.807, 2.05) is 45.9 Å². The van der Waals surface area contributed by atoms with Gasteiger partial charge in [-0.05, 0) is 75.1 Å². The van der Waals surface area contributed by atoms with Gasteiger partial charge in [-0.15, -0.1) is 0 Å². The Morgan fingerprint density at radius 1 is 1.06 bits per heavy atom. The SMILES string of the molecule is CC[C@H](C)NC(=O)[C@@H](C)N(Cc1ccc(Cl)cc1Cl)C(=O)COc1ccc(C)c(C)c1. The van der Waals surface area contributed by atoms with Crippen molar-refractivity contribution in [3.63, 3.8) is 0 Å². The molecule has 0 fully saturated rings. The molecule has 31 heavy (non-hydrogen) atoms. The van der Waals surface area contributed by atoms with Crippen LogP contribution < -0.4 is 10.1 Å². The molecular formula is C24H30Cl2N2O3. The van der Waals surface area contributed by atoms with Crippen molar-refractivity contribution in [2.45, 2.75) is 59.7 Å². The van der Waals surface area contributed by atoms with Gasteiger partial charge in [-0.3, -0.25) is 9.59 Å². The van der Waals surface area contributed by atoms with Crippen molar-refractivity contribution in [3.8, 4) is 5.75 Å². The number of rotatable bonds is 9. The minimum absolute atomic E-state index is 0.0119. The van der Waals surface area contributed by atoms with Crippen molar-refractivity contribution in [1.82, 2.24) is 10.2 Å². The number of aryl methyl sites for hydroxylation is 2. The van der Waals surface area contributed by atoms with Gasteiger partial charge in [0.2, 0.25) is 5.91 Å². The highest BCUT2D eigenvalue weighted by atomic mass is 35.5. The van der Waals surface area contributed by atoms with E-state index in [1.165, 1.54) is 4.90 Å². The minimum atomic E-state index is -0.698. The average Bonchev–Trinajstić information content (AvgIpc) is 2.73. The zero-order chi connectivity index (χ0) is 23.1. The van der Waals surface area contributed by atoms with E-state index in [9.17, 15) is 9.59 Å². The highest BCUT2D eigenvalue weighted by Crippen LogP contribution is 2.23. The number of hydrogen-bond acceptors (Lipinski definition) is 3. The van der Waals surface area contributed by atoms with E-state index in [-0.39, 0.29) is 31.0 Å². The molecule has 0 bridgehead atoms. The first-order chi connectivity index (χ1) is 14.6. The van der Waals surface area contributed by atoms with Crippen LogP contribution in [0, 0.1) is 13.8 Å². The van der Waals surface area contributed by atoms with Gasteiger partial charge in [-0.2, -0.15) is 0 Å². The number of amides is 2. The van der Waals surface area contributed by atoms with Crippen LogP contribution in [0.15, 0.2) is 36.4 Å². The molecule has 0 radical (unpaired) electrons. The molecule has 0 aliphatic carbocycles. The summed E-state index contributed by atoms with van der Waals surface area (Å²) in [5.74, 6) is 0.0765. The fourth-order valence-corrected chi connectivity index (χ4v) is 3.38.